The molecule has 3 aromatic carbocycles. The Morgan fingerprint density at radius 3 is 1.05 bits per heavy atom. The average molecular weight is 453 g/mol. The summed E-state index contributed by atoms with van der Waals surface area (Å²) in [6, 6.07) is 33.7. The van der Waals surface area contributed by atoms with Crippen molar-refractivity contribution in [3.8, 4) is 0 Å². The van der Waals surface area contributed by atoms with Crippen LogP contribution in [0.15, 0.2) is 91.0 Å². The molecule has 0 aromatic heterocycles. The van der Waals surface area contributed by atoms with Crippen molar-refractivity contribution in [2.45, 2.75) is 4.68 Å². The molecular formula is C19H18HfSi. The molecule has 0 radical (unpaired) electrons. The van der Waals surface area contributed by atoms with Gasteiger partial charge in [-0.3, -0.25) is 0 Å². The van der Waals surface area contributed by atoms with E-state index in [1.807, 2.05) is 0 Å². The van der Waals surface area contributed by atoms with Crippen LogP contribution in [0.25, 0.3) is 0 Å². The van der Waals surface area contributed by atoms with E-state index in [1.165, 1.54) is 0 Å². The van der Waals surface area contributed by atoms with Crippen molar-refractivity contribution in [1.29, 1.82) is 0 Å². The van der Waals surface area contributed by atoms with Crippen LogP contribution in [0.1, 0.15) is 0 Å². The third kappa shape index (κ3) is 2.75. The number of benzene rings is 3. The summed E-state index contributed by atoms with van der Waals surface area (Å²) in [6.45, 7) is 0. The van der Waals surface area contributed by atoms with E-state index < -0.39 is 27.3 Å². The zero-order valence-electron chi connectivity index (χ0n) is 12.2. The Balaban J connectivity index is 2.29. The molecule has 0 unspecified atom stereocenters. The maximum atomic E-state index is 2.53. The van der Waals surface area contributed by atoms with E-state index in [-0.39, 0.29) is 0 Å². The standard InChI is InChI=1S/C18H15Si.CH3.Hf/c1-4-10-16(11-5-1)19(17-12-6-2-7-13-17)18-14-8-3-9-15-18;;/h1-15H;1H3;. The predicted octanol–water partition coefficient (Wildman–Crippen LogP) is 2.78. The van der Waals surface area contributed by atoms with Crippen LogP contribution in [0.3, 0.4) is 0 Å². The Hall–Kier alpha value is -1.25. The van der Waals surface area contributed by atoms with Crippen molar-refractivity contribution in [2.24, 2.45) is 0 Å². The fourth-order valence-electron chi connectivity index (χ4n) is 3.00. The van der Waals surface area contributed by atoms with Gasteiger partial charge in [-0.15, -0.1) is 0 Å². The molecule has 0 aliphatic rings. The number of hydrogen-bond donors (Lipinski definition) is 0. The Bertz CT molecular complexity index is 584. The molecule has 0 saturated heterocycles. The molecule has 0 aliphatic carbocycles. The summed E-state index contributed by atoms with van der Waals surface area (Å²) >= 11 is -0.797. The Morgan fingerprint density at radius 1 is 0.524 bits per heavy atom. The minimum absolute atomic E-state index is 0.797. The van der Waals surface area contributed by atoms with Gasteiger partial charge in [-0.1, -0.05) is 0 Å². The molecule has 3 rings (SSSR count). The van der Waals surface area contributed by atoms with Gasteiger partial charge in [-0.2, -0.15) is 0 Å². The van der Waals surface area contributed by atoms with E-state index >= 15 is 0 Å². The minimum atomic E-state index is -1.70. The van der Waals surface area contributed by atoms with Crippen molar-refractivity contribution in [3.05, 3.63) is 91.0 Å². The summed E-state index contributed by atoms with van der Waals surface area (Å²) < 4.78 is 2.53. The second kappa shape index (κ2) is 6.67. The van der Waals surface area contributed by atoms with E-state index in [1.54, 1.807) is 15.6 Å². The topological polar surface area (TPSA) is 0 Å². The van der Waals surface area contributed by atoms with Gasteiger partial charge in [0.1, 0.15) is 0 Å². The number of hydrogen-bond acceptors (Lipinski definition) is 0. The van der Waals surface area contributed by atoms with E-state index in [2.05, 4.69) is 95.7 Å². The van der Waals surface area contributed by atoms with E-state index in [4.69, 9.17) is 0 Å². The molecule has 0 heterocycles. The Labute approximate surface area is 138 Å². The molecular weight excluding hydrogens is 435 g/mol. The second-order valence-corrected chi connectivity index (χ2v) is 22.3. The van der Waals surface area contributed by atoms with E-state index in [9.17, 15) is 0 Å². The van der Waals surface area contributed by atoms with Crippen molar-refractivity contribution < 1.29 is 22.1 Å². The molecule has 0 nitrogen and oxygen atoms in total. The monoisotopic (exact) mass is 454 g/mol. The first kappa shape index (κ1) is 14.7. The Morgan fingerprint density at radius 2 is 0.810 bits per heavy atom. The fourth-order valence-corrected chi connectivity index (χ4v) is 21.7. The van der Waals surface area contributed by atoms with Crippen LogP contribution in [-0.4, -0.2) is 5.26 Å². The summed E-state index contributed by atoms with van der Waals surface area (Å²) in [4.78, 5) is 0. The third-order valence-corrected chi connectivity index (χ3v) is 25.8. The molecule has 0 saturated carbocycles. The van der Waals surface area contributed by atoms with Crippen LogP contribution < -0.4 is 15.6 Å². The van der Waals surface area contributed by atoms with Crippen molar-refractivity contribution in [1.82, 2.24) is 0 Å². The van der Waals surface area contributed by atoms with E-state index in [0.717, 1.165) is 0 Å². The van der Waals surface area contributed by atoms with Crippen molar-refractivity contribution in [3.63, 3.8) is 0 Å². The van der Waals surface area contributed by atoms with Crippen molar-refractivity contribution >= 4 is 20.8 Å². The van der Waals surface area contributed by atoms with Gasteiger partial charge in [0.15, 0.2) is 0 Å². The summed E-state index contributed by atoms with van der Waals surface area (Å²) in [6.07, 6.45) is 0. The van der Waals surface area contributed by atoms with Gasteiger partial charge in [-0.25, -0.2) is 0 Å². The number of rotatable bonds is 4. The molecule has 0 fully saturated rings. The molecule has 0 bridgehead atoms. The van der Waals surface area contributed by atoms with Crippen LogP contribution >= 0.6 is 0 Å². The molecule has 0 amide bonds. The zero-order valence-corrected chi connectivity index (χ0v) is 16.8. The SMILES string of the molecule is [CH3][Hf][Si](c1ccccc1)(c1ccccc1)c1ccccc1. The van der Waals surface area contributed by atoms with Gasteiger partial charge < -0.3 is 0 Å². The normalized spacial score (nSPS) is 11.1. The molecule has 0 spiro atoms. The molecule has 0 N–H and O–H groups in total. The Kier molecular flexibility index (Phi) is 4.66. The van der Waals surface area contributed by atoms with Gasteiger partial charge in [0, 0.05) is 0 Å². The van der Waals surface area contributed by atoms with Gasteiger partial charge in [0.2, 0.25) is 0 Å². The zero-order chi connectivity index (χ0) is 14.5. The van der Waals surface area contributed by atoms with Gasteiger partial charge in [0.25, 0.3) is 0 Å². The van der Waals surface area contributed by atoms with E-state index in [0.29, 0.717) is 0 Å². The van der Waals surface area contributed by atoms with Crippen LogP contribution in [0.5, 0.6) is 0 Å². The predicted molar refractivity (Wildman–Crippen MR) is 89.8 cm³/mol. The molecule has 0 atom stereocenters. The van der Waals surface area contributed by atoms with Gasteiger partial charge >= 0.3 is 139 Å². The summed E-state index contributed by atoms with van der Waals surface area (Å²) in [5, 5.41) is 3.03. The molecule has 21 heavy (non-hydrogen) atoms. The molecule has 3 aromatic rings. The average Bonchev–Trinajstić information content (AvgIpc) is 2.59. The second-order valence-electron chi connectivity index (χ2n) is 5.10. The fraction of sp³-hybridized carbons (Fsp3) is 0.0526. The van der Waals surface area contributed by atoms with Crippen LogP contribution in [0, 0.1) is 0 Å². The molecule has 102 valence electrons. The maximum absolute atomic E-state index is 2.53. The van der Waals surface area contributed by atoms with Crippen LogP contribution in [-0.2, 0) is 22.1 Å². The summed E-state index contributed by atoms with van der Waals surface area (Å²) in [7, 11) is 0. The van der Waals surface area contributed by atoms with Crippen LogP contribution in [0.4, 0.5) is 0 Å². The van der Waals surface area contributed by atoms with Crippen LogP contribution in [0.2, 0.25) is 4.68 Å². The summed E-state index contributed by atoms with van der Waals surface area (Å²) in [5.74, 6) is 0. The summed E-state index contributed by atoms with van der Waals surface area (Å²) in [5.41, 5.74) is 0. The first-order chi connectivity index (χ1) is 10.4. The quantitative estimate of drug-likeness (QED) is 0.422. The molecule has 2 heteroatoms. The van der Waals surface area contributed by atoms with Crippen molar-refractivity contribution in [2.75, 3.05) is 0 Å². The first-order valence-corrected chi connectivity index (χ1v) is 18.2. The molecule has 0 aliphatic heterocycles. The third-order valence-electron chi connectivity index (χ3n) is 4.00. The first-order valence-electron chi connectivity index (χ1n) is 7.23. The van der Waals surface area contributed by atoms with Gasteiger partial charge in [0.05, 0.1) is 0 Å². The van der Waals surface area contributed by atoms with Gasteiger partial charge in [-0.05, 0) is 0 Å².